The summed E-state index contributed by atoms with van der Waals surface area (Å²) in [6.45, 7) is 5.99. The van der Waals surface area contributed by atoms with Gasteiger partial charge in [0, 0.05) is 0 Å². The van der Waals surface area contributed by atoms with Gasteiger partial charge in [-0.25, -0.2) is 0 Å². The first-order valence-corrected chi connectivity index (χ1v) is 4.66. The minimum absolute atomic E-state index is 0.944. The van der Waals surface area contributed by atoms with Crippen molar-refractivity contribution in [3.63, 3.8) is 0 Å². The highest BCUT2D eigenvalue weighted by Crippen LogP contribution is 1.79. The Morgan fingerprint density at radius 2 is 0.909 bits per heavy atom. The molecule has 1 heteroatoms. The van der Waals surface area contributed by atoms with Crippen LogP contribution in [0.2, 0.25) is 0 Å². The lowest BCUT2D eigenvalue weighted by molar-refractivity contribution is 1.50. The van der Waals surface area contributed by atoms with Crippen LogP contribution in [0.5, 0.6) is 0 Å². The molecule has 64 valence electrons. The maximum absolute atomic E-state index is 3.79. The molecule has 0 aliphatic heterocycles. The van der Waals surface area contributed by atoms with E-state index in [-0.39, 0.29) is 0 Å². The highest BCUT2D eigenvalue weighted by Gasteiger charge is 1.57. The molecule has 0 unspecified atom stereocenters. The highest BCUT2D eigenvalue weighted by molar-refractivity contribution is 7.80. The van der Waals surface area contributed by atoms with E-state index in [0.717, 1.165) is 5.75 Å². The first-order valence-electron chi connectivity index (χ1n) is 4.02. The van der Waals surface area contributed by atoms with Crippen LogP contribution in [0.25, 0.3) is 0 Å². The summed E-state index contributed by atoms with van der Waals surface area (Å²) in [7, 11) is 0. The zero-order chi connectivity index (χ0) is 8.95. The largest absolute Gasteiger partial charge is 0.180 e. The Morgan fingerprint density at radius 1 is 0.818 bits per heavy atom. The van der Waals surface area contributed by atoms with Crippen molar-refractivity contribution in [2.45, 2.75) is 20.8 Å². The summed E-state index contributed by atoms with van der Waals surface area (Å²) in [4.78, 5) is 0. The third-order valence-corrected chi connectivity index (χ3v) is 0.667. The molecular weight excluding hydrogens is 152 g/mol. The number of rotatable bonds is 0. The molecule has 11 heavy (non-hydrogen) atoms. The number of hydrogen-bond donors (Lipinski definition) is 1. The van der Waals surface area contributed by atoms with Crippen molar-refractivity contribution in [1.82, 2.24) is 0 Å². The minimum Gasteiger partial charge on any atom is -0.180 e. The van der Waals surface area contributed by atoms with Gasteiger partial charge in [-0.2, -0.15) is 12.6 Å². The topological polar surface area (TPSA) is 0 Å². The maximum atomic E-state index is 3.79. The second-order valence-corrected chi connectivity index (χ2v) is 2.10. The molecule has 0 amide bonds. The molecule has 0 aliphatic carbocycles. The molecule has 0 atom stereocenters. The average molecular weight is 170 g/mol. The van der Waals surface area contributed by atoms with E-state index in [1.807, 2.05) is 57.2 Å². The molecule has 0 aliphatic rings. The van der Waals surface area contributed by atoms with Crippen molar-refractivity contribution in [2.75, 3.05) is 5.75 Å². The fraction of sp³-hybridized carbons (Fsp3) is 0.400. The maximum Gasteiger partial charge on any atom is -0.0126 e. The molecule has 0 N–H and O–H groups in total. The summed E-state index contributed by atoms with van der Waals surface area (Å²) in [5.41, 5.74) is 0. The molecule has 1 aromatic rings. The third kappa shape index (κ3) is 17.7. The lowest BCUT2D eigenvalue weighted by Crippen LogP contribution is -1.47. The van der Waals surface area contributed by atoms with Crippen LogP contribution in [-0.4, -0.2) is 5.75 Å². The van der Waals surface area contributed by atoms with Crippen molar-refractivity contribution in [3.05, 3.63) is 36.4 Å². The SMILES string of the molecule is CC.CCS.c1ccccc1. The van der Waals surface area contributed by atoms with E-state index in [2.05, 4.69) is 12.6 Å². The van der Waals surface area contributed by atoms with Gasteiger partial charge in [0.2, 0.25) is 0 Å². The zero-order valence-corrected chi connectivity index (χ0v) is 8.51. The Balaban J connectivity index is 0. The molecule has 0 saturated carbocycles. The summed E-state index contributed by atoms with van der Waals surface area (Å²) < 4.78 is 0. The van der Waals surface area contributed by atoms with Crippen molar-refractivity contribution >= 4 is 12.6 Å². The Morgan fingerprint density at radius 3 is 1.00 bits per heavy atom. The standard InChI is InChI=1S/C6H6.C2H6S.C2H6/c1-2-4-6-5-3-1;1-2-3;1-2/h1-6H;3H,2H2,1H3;1-2H3. The lowest BCUT2D eigenvalue weighted by atomic mass is 10.4. The molecule has 0 heterocycles. The quantitative estimate of drug-likeness (QED) is 0.565. The van der Waals surface area contributed by atoms with Gasteiger partial charge < -0.3 is 0 Å². The average Bonchev–Trinajstić information content (AvgIpc) is 2.12. The van der Waals surface area contributed by atoms with Gasteiger partial charge in [-0.05, 0) is 5.75 Å². The summed E-state index contributed by atoms with van der Waals surface area (Å²) in [6.07, 6.45) is 0. The normalized spacial score (nSPS) is 6.55. The lowest BCUT2D eigenvalue weighted by Gasteiger charge is -1.69. The molecule has 0 aromatic heterocycles. The van der Waals surface area contributed by atoms with E-state index < -0.39 is 0 Å². The van der Waals surface area contributed by atoms with Crippen molar-refractivity contribution in [1.29, 1.82) is 0 Å². The predicted molar refractivity (Wildman–Crippen MR) is 57.3 cm³/mol. The van der Waals surface area contributed by atoms with E-state index in [1.54, 1.807) is 0 Å². The number of hydrogen-bond acceptors (Lipinski definition) is 1. The summed E-state index contributed by atoms with van der Waals surface area (Å²) in [5, 5.41) is 0. The number of benzene rings is 1. The second-order valence-electron chi connectivity index (χ2n) is 1.47. The Hall–Kier alpha value is -0.430. The molecule has 0 nitrogen and oxygen atoms in total. The van der Waals surface area contributed by atoms with Crippen LogP contribution in [-0.2, 0) is 0 Å². The summed E-state index contributed by atoms with van der Waals surface area (Å²) >= 11 is 3.79. The fourth-order valence-corrected chi connectivity index (χ4v) is 0.385. The molecule has 0 saturated heterocycles. The van der Waals surface area contributed by atoms with Crippen LogP contribution in [0.4, 0.5) is 0 Å². The molecule has 1 rings (SSSR count). The van der Waals surface area contributed by atoms with Gasteiger partial charge in [-0.3, -0.25) is 0 Å². The van der Waals surface area contributed by atoms with Crippen LogP contribution in [0.1, 0.15) is 20.8 Å². The first kappa shape index (κ1) is 13.2. The van der Waals surface area contributed by atoms with Gasteiger partial charge in [0.1, 0.15) is 0 Å². The summed E-state index contributed by atoms with van der Waals surface area (Å²) in [6, 6.07) is 12.0. The molecular formula is C10H18S. The Labute approximate surface area is 76.1 Å². The van der Waals surface area contributed by atoms with Crippen LogP contribution < -0.4 is 0 Å². The van der Waals surface area contributed by atoms with Gasteiger partial charge >= 0.3 is 0 Å². The van der Waals surface area contributed by atoms with Gasteiger partial charge in [0.05, 0.1) is 0 Å². The van der Waals surface area contributed by atoms with Crippen LogP contribution in [0.3, 0.4) is 0 Å². The molecule has 0 fully saturated rings. The van der Waals surface area contributed by atoms with Crippen molar-refractivity contribution in [2.24, 2.45) is 0 Å². The van der Waals surface area contributed by atoms with E-state index in [0.29, 0.717) is 0 Å². The van der Waals surface area contributed by atoms with Gasteiger partial charge in [0.25, 0.3) is 0 Å². The third-order valence-electron chi connectivity index (χ3n) is 0.667. The van der Waals surface area contributed by atoms with Gasteiger partial charge in [-0.1, -0.05) is 57.2 Å². The van der Waals surface area contributed by atoms with E-state index in [9.17, 15) is 0 Å². The molecule has 1 aromatic carbocycles. The van der Waals surface area contributed by atoms with Crippen LogP contribution >= 0.6 is 12.6 Å². The fourth-order valence-electron chi connectivity index (χ4n) is 0.385. The Kier molecular flexibility index (Phi) is 19.5. The Bertz CT molecular complexity index is 87.7. The second kappa shape index (κ2) is 16.3. The van der Waals surface area contributed by atoms with E-state index in [4.69, 9.17) is 0 Å². The molecule has 0 bridgehead atoms. The minimum atomic E-state index is 0.944. The first-order chi connectivity index (χ1) is 5.41. The molecule has 0 spiro atoms. The highest BCUT2D eigenvalue weighted by atomic mass is 32.1. The van der Waals surface area contributed by atoms with Crippen molar-refractivity contribution in [3.8, 4) is 0 Å². The molecule has 0 radical (unpaired) electrons. The summed E-state index contributed by atoms with van der Waals surface area (Å²) in [5.74, 6) is 0.944. The van der Waals surface area contributed by atoms with Gasteiger partial charge in [0.15, 0.2) is 0 Å². The number of thiol groups is 1. The van der Waals surface area contributed by atoms with Crippen LogP contribution in [0, 0.1) is 0 Å². The zero-order valence-electron chi connectivity index (χ0n) is 7.62. The van der Waals surface area contributed by atoms with E-state index >= 15 is 0 Å². The predicted octanol–water partition coefficient (Wildman–Crippen LogP) is 3.65. The van der Waals surface area contributed by atoms with Crippen molar-refractivity contribution < 1.29 is 0 Å². The van der Waals surface area contributed by atoms with Gasteiger partial charge in [-0.15, -0.1) is 0 Å². The van der Waals surface area contributed by atoms with E-state index in [1.165, 1.54) is 0 Å². The smallest absolute Gasteiger partial charge is 0.0126 e. The van der Waals surface area contributed by atoms with Crippen LogP contribution in [0.15, 0.2) is 36.4 Å². The monoisotopic (exact) mass is 170 g/mol.